The topological polar surface area (TPSA) is 39.4 Å². The molecule has 50 heavy (non-hydrogen) atoms. The van der Waals surface area contributed by atoms with Crippen LogP contribution < -0.4 is 0 Å². The van der Waals surface area contributed by atoms with Crippen LogP contribution in [0.3, 0.4) is 0 Å². The SMILES string of the molecule is CCCc1oc(CCCCCCCCCCC(=O)O[C@H]2CC[C@@]3(C)C(=CC[C@H]4[C@@H]5CC[C@H]([C@H](C)CCCC(C)C)[C@@]5(C)CC[C@@H]43)C2)c(C)c1C. The molecule has 1 aromatic rings. The van der Waals surface area contributed by atoms with Crippen molar-refractivity contribution in [1.29, 1.82) is 0 Å². The molecule has 0 amide bonds. The van der Waals surface area contributed by atoms with Crippen molar-refractivity contribution in [2.24, 2.45) is 46.3 Å². The number of aryl methyl sites for hydroxylation is 2. The first-order chi connectivity index (χ1) is 24.0. The molecule has 1 heterocycles. The van der Waals surface area contributed by atoms with E-state index in [1.165, 1.54) is 119 Å². The third-order valence-electron chi connectivity index (χ3n) is 15.2. The fourth-order valence-electron chi connectivity index (χ4n) is 12.0. The summed E-state index contributed by atoms with van der Waals surface area (Å²) in [6.45, 7) is 19.3. The number of unbranched alkanes of at least 4 members (excludes halogenated alkanes) is 7. The number of fused-ring (bicyclic) bond motifs is 5. The predicted octanol–water partition coefficient (Wildman–Crippen LogP) is 13.9. The molecule has 3 saturated carbocycles. The van der Waals surface area contributed by atoms with Crippen molar-refractivity contribution in [3.8, 4) is 0 Å². The molecule has 4 aliphatic rings. The molecule has 0 unspecified atom stereocenters. The van der Waals surface area contributed by atoms with Crippen molar-refractivity contribution in [2.45, 2.75) is 209 Å². The molecule has 8 atom stereocenters. The highest BCUT2D eigenvalue weighted by Crippen LogP contribution is 2.67. The van der Waals surface area contributed by atoms with Crippen molar-refractivity contribution >= 4 is 5.97 Å². The molecular weight excluding hydrogens is 613 g/mol. The van der Waals surface area contributed by atoms with Gasteiger partial charge in [0, 0.05) is 25.7 Å². The molecule has 3 heteroatoms. The number of hydrogen-bond acceptors (Lipinski definition) is 3. The van der Waals surface area contributed by atoms with Crippen molar-refractivity contribution < 1.29 is 13.9 Å². The normalized spacial score (nSPS) is 31.2. The van der Waals surface area contributed by atoms with Gasteiger partial charge in [0.05, 0.1) is 0 Å². The van der Waals surface area contributed by atoms with Crippen LogP contribution in [0, 0.1) is 60.2 Å². The first kappa shape index (κ1) is 39.7. The molecule has 284 valence electrons. The molecule has 0 spiro atoms. The van der Waals surface area contributed by atoms with Crippen LogP contribution in [-0.4, -0.2) is 12.1 Å². The maximum atomic E-state index is 12.9. The lowest BCUT2D eigenvalue weighted by atomic mass is 9.47. The molecule has 0 N–H and O–H groups in total. The van der Waals surface area contributed by atoms with Gasteiger partial charge in [-0.15, -0.1) is 0 Å². The summed E-state index contributed by atoms with van der Waals surface area (Å²) in [5, 5.41) is 0. The molecule has 3 fully saturated rings. The van der Waals surface area contributed by atoms with E-state index in [0.717, 1.165) is 80.5 Å². The summed E-state index contributed by atoms with van der Waals surface area (Å²) < 4.78 is 12.3. The van der Waals surface area contributed by atoms with Gasteiger partial charge in [-0.25, -0.2) is 0 Å². The number of ether oxygens (including phenoxy) is 1. The van der Waals surface area contributed by atoms with Crippen LogP contribution >= 0.6 is 0 Å². The number of furan rings is 1. The van der Waals surface area contributed by atoms with E-state index in [9.17, 15) is 4.79 Å². The summed E-state index contributed by atoms with van der Waals surface area (Å²) >= 11 is 0. The van der Waals surface area contributed by atoms with E-state index >= 15 is 0 Å². The van der Waals surface area contributed by atoms with Crippen LogP contribution in [0.5, 0.6) is 0 Å². The van der Waals surface area contributed by atoms with Crippen LogP contribution in [0.1, 0.15) is 199 Å². The Kier molecular flexibility index (Phi) is 14.3. The first-order valence-corrected chi connectivity index (χ1v) is 21.9. The maximum Gasteiger partial charge on any atom is 0.306 e. The molecule has 0 aliphatic heterocycles. The highest BCUT2D eigenvalue weighted by Gasteiger charge is 2.59. The van der Waals surface area contributed by atoms with Crippen LogP contribution in [0.15, 0.2) is 16.1 Å². The van der Waals surface area contributed by atoms with E-state index in [0.29, 0.717) is 17.3 Å². The monoisotopic (exact) mass is 691 g/mol. The van der Waals surface area contributed by atoms with Crippen LogP contribution in [-0.2, 0) is 22.4 Å². The second kappa shape index (κ2) is 18.0. The molecular formula is C47H78O3. The van der Waals surface area contributed by atoms with Gasteiger partial charge in [0.2, 0.25) is 0 Å². The molecule has 4 aliphatic carbocycles. The summed E-state index contributed by atoms with van der Waals surface area (Å²) in [7, 11) is 0. The Bertz CT molecular complexity index is 1250. The summed E-state index contributed by atoms with van der Waals surface area (Å²) in [6, 6.07) is 0. The second-order valence-electron chi connectivity index (χ2n) is 18.9. The summed E-state index contributed by atoms with van der Waals surface area (Å²) in [6.07, 6.45) is 30.9. The lowest BCUT2D eigenvalue weighted by Gasteiger charge is -2.58. The summed E-state index contributed by atoms with van der Waals surface area (Å²) in [4.78, 5) is 12.9. The average molecular weight is 691 g/mol. The Hall–Kier alpha value is -1.51. The lowest BCUT2D eigenvalue weighted by Crippen LogP contribution is -2.51. The number of esters is 1. The largest absolute Gasteiger partial charge is 0.466 e. The van der Waals surface area contributed by atoms with Crippen molar-refractivity contribution in [3.63, 3.8) is 0 Å². The van der Waals surface area contributed by atoms with Gasteiger partial charge < -0.3 is 9.15 Å². The Labute approximate surface area is 308 Å². The minimum atomic E-state index is 0.0476. The maximum absolute atomic E-state index is 12.9. The number of hydrogen-bond donors (Lipinski definition) is 0. The molecule has 5 rings (SSSR count). The first-order valence-electron chi connectivity index (χ1n) is 21.9. The Morgan fingerprint density at radius 1 is 0.820 bits per heavy atom. The van der Waals surface area contributed by atoms with Gasteiger partial charge in [-0.2, -0.15) is 0 Å². The third-order valence-corrected chi connectivity index (χ3v) is 15.2. The fraction of sp³-hybridized carbons (Fsp3) is 0.851. The minimum Gasteiger partial charge on any atom is -0.466 e. The van der Waals surface area contributed by atoms with E-state index < -0.39 is 0 Å². The van der Waals surface area contributed by atoms with Crippen molar-refractivity contribution in [2.75, 3.05) is 0 Å². The molecule has 3 nitrogen and oxygen atoms in total. The molecule has 0 aromatic carbocycles. The average Bonchev–Trinajstić information content (AvgIpc) is 3.57. The Balaban J connectivity index is 0.969. The molecule has 0 saturated heterocycles. The molecule has 0 radical (unpaired) electrons. The van der Waals surface area contributed by atoms with Gasteiger partial charge in [0.1, 0.15) is 17.6 Å². The van der Waals surface area contributed by atoms with Crippen molar-refractivity contribution in [3.05, 3.63) is 34.3 Å². The van der Waals surface area contributed by atoms with Crippen LogP contribution in [0.2, 0.25) is 0 Å². The predicted molar refractivity (Wildman–Crippen MR) is 210 cm³/mol. The van der Waals surface area contributed by atoms with E-state index in [1.54, 1.807) is 5.57 Å². The number of allylic oxidation sites excluding steroid dienone is 1. The van der Waals surface area contributed by atoms with Crippen molar-refractivity contribution in [1.82, 2.24) is 0 Å². The van der Waals surface area contributed by atoms with Crippen LogP contribution in [0.25, 0.3) is 0 Å². The van der Waals surface area contributed by atoms with E-state index in [4.69, 9.17) is 9.15 Å². The molecule has 0 bridgehead atoms. The highest BCUT2D eigenvalue weighted by atomic mass is 16.5. The van der Waals surface area contributed by atoms with Gasteiger partial charge in [0.25, 0.3) is 0 Å². The van der Waals surface area contributed by atoms with E-state index in [2.05, 4.69) is 61.5 Å². The van der Waals surface area contributed by atoms with Gasteiger partial charge in [0.15, 0.2) is 0 Å². The summed E-state index contributed by atoms with van der Waals surface area (Å²) in [5.74, 6) is 7.69. The smallest absolute Gasteiger partial charge is 0.306 e. The zero-order chi connectivity index (χ0) is 35.9. The van der Waals surface area contributed by atoms with Gasteiger partial charge in [-0.1, -0.05) is 111 Å². The highest BCUT2D eigenvalue weighted by molar-refractivity contribution is 5.69. The van der Waals surface area contributed by atoms with E-state index in [-0.39, 0.29) is 12.1 Å². The summed E-state index contributed by atoms with van der Waals surface area (Å²) in [5.41, 5.74) is 5.25. The van der Waals surface area contributed by atoms with Crippen LogP contribution in [0.4, 0.5) is 0 Å². The number of carbonyl (C=O) groups is 1. The standard InChI is InChI=1S/C47H78O3/c1-9-19-43-35(5)36(6)44(50-43)22-16-14-12-10-11-13-15-17-23-45(48)49-38-28-30-46(7)37(32-38)24-25-39-41-27-26-40(34(4)21-18-20-33(2)3)47(41,8)31-29-42(39)46/h24,33-34,38-42H,9-23,25-32H2,1-8H3/t34-,38+,39+,40-,41+,42+,46+,47-/m1/s1. The van der Waals surface area contributed by atoms with Gasteiger partial charge in [-0.3, -0.25) is 4.79 Å². The van der Waals surface area contributed by atoms with Gasteiger partial charge in [-0.05, 0) is 136 Å². The molecule has 1 aromatic heterocycles. The fourth-order valence-corrected chi connectivity index (χ4v) is 12.0. The second-order valence-corrected chi connectivity index (χ2v) is 18.9. The zero-order valence-corrected chi connectivity index (χ0v) is 34.1. The third kappa shape index (κ3) is 9.16. The Morgan fingerprint density at radius 2 is 1.50 bits per heavy atom. The van der Waals surface area contributed by atoms with E-state index in [1.807, 2.05) is 0 Å². The lowest BCUT2D eigenvalue weighted by molar-refractivity contribution is -0.151. The quantitative estimate of drug-likeness (QED) is 0.0824. The number of carbonyl (C=O) groups excluding carboxylic acids is 1. The number of rotatable bonds is 19. The Morgan fingerprint density at radius 3 is 2.20 bits per heavy atom. The zero-order valence-electron chi connectivity index (χ0n) is 34.1. The minimum absolute atomic E-state index is 0.0476. The van der Waals surface area contributed by atoms with Gasteiger partial charge >= 0.3 is 5.97 Å².